The van der Waals surface area contributed by atoms with Crippen LogP contribution >= 0.6 is 45.2 Å². The van der Waals surface area contributed by atoms with Crippen LogP contribution in [0.4, 0.5) is 0 Å². The van der Waals surface area contributed by atoms with E-state index in [0.717, 1.165) is 11.1 Å². The van der Waals surface area contributed by atoms with Crippen LogP contribution in [0.25, 0.3) is 0 Å². The van der Waals surface area contributed by atoms with E-state index in [9.17, 15) is 19.8 Å². The van der Waals surface area contributed by atoms with Crippen molar-refractivity contribution >= 4 is 57.1 Å². The molecule has 2 rings (SSSR count). The molecule has 0 fully saturated rings. The van der Waals surface area contributed by atoms with E-state index in [4.69, 9.17) is 4.74 Å². The molecule has 2 aromatic rings. The second-order valence-corrected chi connectivity index (χ2v) is 8.48. The zero-order valence-corrected chi connectivity index (χ0v) is 19.6. The Kier molecular flexibility index (Phi) is 8.80. The van der Waals surface area contributed by atoms with E-state index >= 15 is 0 Å². The summed E-state index contributed by atoms with van der Waals surface area (Å²) >= 11 is 4.06. The molecule has 0 bridgehead atoms. The van der Waals surface area contributed by atoms with Gasteiger partial charge >= 0.3 is 5.97 Å². The van der Waals surface area contributed by atoms with Gasteiger partial charge in [0.2, 0.25) is 5.91 Å². The van der Waals surface area contributed by atoms with E-state index in [1.807, 2.05) is 45.2 Å². The van der Waals surface area contributed by atoms with Crippen LogP contribution in [0.1, 0.15) is 24.5 Å². The normalized spacial score (nSPS) is 11.7. The van der Waals surface area contributed by atoms with Crippen molar-refractivity contribution in [2.45, 2.75) is 32.2 Å². The molecule has 0 aliphatic rings. The Hall–Kier alpha value is -1.56. The van der Waals surface area contributed by atoms with Gasteiger partial charge in [-0.05, 0) is 93.9 Å². The minimum absolute atomic E-state index is 0.175. The summed E-state index contributed by atoms with van der Waals surface area (Å²) in [4.78, 5) is 24.7. The number of nitrogens with one attached hydrogen (secondary N) is 1. The fourth-order valence-electron chi connectivity index (χ4n) is 2.59. The number of hydrogen-bond donors (Lipinski definition) is 3. The third kappa shape index (κ3) is 6.80. The lowest BCUT2D eigenvalue weighted by atomic mass is 10.0. The highest BCUT2D eigenvalue weighted by molar-refractivity contribution is 14.1. The molecule has 0 saturated carbocycles. The number of benzene rings is 2. The van der Waals surface area contributed by atoms with Crippen molar-refractivity contribution in [1.29, 1.82) is 0 Å². The van der Waals surface area contributed by atoms with Crippen molar-refractivity contribution in [3.63, 3.8) is 0 Å². The fraction of sp³-hybridized carbons (Fsp3) is 0.300. The van der Waals surface area contributed by atoms with Gasteiger partial charge in [-0.1, -0.05) is 12.1 Å². The summed E-state index contributed by atoms with van der Waals surface area (Å²) in [5.41, 5.74) is 1.74. The van der Waals surface area contributed by atoms with Crippen LogP contribution in [0.2, 0.25) is 0 Å². The molecule has 6 nitrogen and oxygen atoms in total. The van der Waals surface area contributed by atoms with Gasteiger partial charge in [-0.25, -0.2) is 4.79 Å². The summed E-state index contributed by atoms with van der Waals surface area (Å²) < 4.78 is 6.47. The summed E-state index contributed by atoms with van der Waals surface area (Å²) in [6, 6.07) is 9.42. The Morgan fingerprint density at radius 2 is 1.68 bits per heavy atom. The zero-order chi connectivity index (χ0) is 20.7. The fourth-order valence-corrected chi connectivity index (χ4v) is 4.49. The summed E-state index contributed by atoms with van der Waals surface area (Å²) in [5, 5.41) is 22.0. The summed E-state index contributed by atoms with van der Waals surface area (Å²) in [5.74, 6) is -0.364. The number of aryl methyl sites for hydroxylation is 1. The molecule has 8 heteroatoms. The largest absolute Gasteiger partial charge is 0.508 e. The number of phenols is 2. The maximum absolute atomic E-state index is 12.4. The van der Waals surface area contributed by atoms with Gasteiger partial charge in [-0.15, -0.1) is 0 Å². The first-order valence-corrected chi connectivity index (χ1v) is 10.9. The molecular formula is C20H21I2NO5. The van der Waals surface area contributed by atoms with Gasteiger partial charge in [-0.3, -0.25) is 4.79 Å². The van der Waals surface area contributed by atoms with Crippen molar-refractivity contribution in [2.24, 2.45) is 0 Å². The minimum atomic E-state index is -0.802. The van der Waals surface area contributed by atoms with E-state index in [2.05, 4.69) is 5.32 Å². The van der Waals surface area contributed by atoms with Crippen LogP contribution in [-0.2, 0) is 27.2 Å². The SMILES string of the molecule is CCOC(=O)C(Cc1cc(I)c(O)c(I)c1)NC(=O)CCc1ccc(O)cc1. The lowest BCUT2D eigenvalue weighted by molar-refractivity contribution is -0.147. The number of aromatic hydroxyl groups is 2. The van der Waals surface area contributed by atoms with Crippen molar-refractivity contribution in [1.82, 2.24) is 5.32 Å². The number of halogens is 2. The summed E-state index contributed by atoms with van der Waals surface area (Å²) in [6.45, 7) is 1.94. The average molecular weight is 609 g/mol. The molecule has 0 radical (unpaired) electrons. The van der Waals surface area contributed by atoms with E-state index < -0.39 is 12.0 Å². The van der Waals surface area contributed by atoms with Gasteiger partial charge in [0.05, 0.1) is 13.7 Å². The molecule has 0 spiro atoms. The number of amides is 1. The molecular weight excluding hydrogens is 588 g/mol. The number of esters is 1. The van der Waals surface area contributed by atoms with E-state index in [-0.39, 0.29) is 36.9 Å². The zero-order valence-electron chi connectivity index (χ0n) is 15.2. The van der Waals surface area contributed by atoms with Crippen molar-refractivity contribution in [2.75, 3.05) is 6.61 Å². The molecule has 2 aromatic carbocycles. The predicted molar refractivity (Wildman–Crippen MR) is 122 cm³/mol. The van der Waals surface area contributed by atoms with Gasteiger partial charge in [-0.2, -0.15) is 0 Å². The van der Waals surface area contributed by atoms with Crippen LogP contribution in [0.3, 0.4) is 0 Å². The van der Waals surface area contributed by atoms with Gasteiger partial charge in [0.15, 0.2) is 0 Å². The van der Waals surface area contributed by atoms with Crippen LogP contribution in [0, 0.1) is 7.14 Å². The number of rotatable bonds is 8. The van der Waals surface area contributed by atoms with Gasteiger partial charge < -0.3 is 20.3 Å². The number of phenolic OH excluding ortho intramolecular Hbond substituents is 2. The summed E-state index contributed by atoms with van der Waals surface area (Å²) in [6.07, 6.45) is 0.984. The van der Waals surface area contributed by atoms with Crippen molar-refractivity contribution < 1.29 is 24.5 Å². The topological polar surface area (TPSA) is 95.9 Å². The predicted octanol–water partition coefficient (Wildman–Crippen LogP) is 3.53. The molecule has 1 atom stereocenters. The maximum Gasteiger partial charge on any atom is 0.328 e. The monoisotopic (exact) mass is 609 g/mol. The van der Waals surface area contributed by atoms with Crippen LogP contribution in [0.5, 0.6) is 11.5 Å². The molecule has 0 saturated heterocycles. The Morgan fingerprint density at radius 1 is 1.07 bits per heavy atom. The minimum Gasteiger partial charge on any atom is -0.508 e. The Bertz CT molecular complexity index is 816. The van der Waals surface area contributed by atoms with E-state index in [1.54, 1.807) is 43.3 Å². The second kappa shape index (κ2) is 10.8. The molecule has 1 unspecified atom stereocenters. The molecule has 3 N–H and O–H groups in total. The maximum atomic E-state index is 12.4. The molecule has 150 valence electrons. The molecule has 0 aromatic heterocycles. The van der Waals surface area contributed by atoms with Crippen LogP contribution < -0.4 is 5.32 Å². The van der Waals surface area contributed by atoms with Crippen molar-refractivity contribution in [3.05, 3.63) is 54.7 Å². The first kappa shape index (κ1) is 22.7. The highest BCUT2D eigenvalue weighted by Crippen LogP contribution is 2.28. The average Bonchev–Trinajstić information content (AvgIpc) is 2.65. The molecule has 28 heavy (non-hydrogen) atoms. The first-order chi connectivity index (χ1) is 13.3. The lowest BCUT2D eigenvalue weighted by Gasteiger charge is -2.18. The molecule has 1 amide bonds. The molecule has 0 aliphatic carbocycles. The Labute approximate surface area is 191 Å². The highest BCUT2D eigenvalue weighted by Gasteiger charge is 2.23. The standard InChI is InChI=1S/C20H21I2NO5/c1-2-28-20(27)17(11-13-9-15(21)19(26)16(22)10-13)23-18(25)8-5-12-3-6-14(24)7-4-12/h3-4,6-7,9-10,17,24,26H,2,5,8,11H2,1H3,(H,23,25). The Balaban J connectivity index is 2.04. The quantitative estimate of drug-likeness (QED) is 0.315. The first-order valence-electron chi connectivity index (χ1n) is 8.71. The lowest BCUT2D eigenvalue weighted by Crippen LogP contribution is -2.43. The highest BCUT2D eigenvalue weighted by atomic mass is 127. The van der Waals surface area contributed by atoms with E-state index in [0.29, 0.717) is 13.6 Å². The number of carbonyl (C=O) groups excluding carboxylic acids is 2. The van der Waals surface area contributed by atoms with E-state index in [1.165, 1.54) is 0 Å². The molecule has 0 aliphatic heterocycles. The number of ether oxygens (including phenoxy) is 1. The second-order valence-electron chi connectivity index (χ2n) is 6.15. The number of carbonyl (C=O) groups is 2. The van der Waals surface area contributed by atoms with Gasteiger partial charge in [0, 0.05) is 12.8 Å². The van der Waals surface area contributed by atoms with Crippen LogP contribution in [-0.4, -0.2) is 34.7 Å². The Morgan fingerprint density at radius 3 is 2.25 bits per heavy atom. The van der Waals surface area contributed by atoms with Crippen LogP contribution in [0.15, 0.2) is 36.4 Å². The van der Waals surface area contributed by atoms with Crippen molar-refractivity contribution in [3.8, 4) is 11.5 Å². The smallest absolute Gasteiger partial charge is 0.328 e. The van der Waals surface area contributed by atoms with Gasteiger partial charge in [0.25, 0.3) is 0 Å². The molecule has 0 heterocycles. The van der Waals surface area contributed by atoms with Gasteiger partial charge in [0.1, 0.15) is 17.5 Å². The third-order valence-electron chi connectivity index (χ3n) is 4.00. The number of hydrogen-bond acceptors (Lipinski definition) is 5. The third-order valence-corrected chi connectivity index (χ3v) is 5.64. The summed E-state index contributed by atoms with van der Waals surface area (Å²) in [7, 11) is 0.